The van der Waals surface area contributed by atoms with Crippen LogP contribution in [0.25, 0.3) is 0 Å². The number of rotatable bonds is 4. The molecule has 0 saturated heterocycles. The minimum atomic E-state index is -0.239. The molecule has 4 nitrogen and oxygen atoms in total. The molecular formula is C12H12N2O2S. The maximum Gasteiger partial charge on any atom is 0.277 e. The summed E-state index contributed by atoms with van der Waals surface area (Å²) in [5.74, 6) is 0.568. The summed E-state index contributed by atoms with van der Waals surface area (Å²) in [6.07, 6.45) is 0. The first-order valence-electron chi connectivity index (χ1n) is 5.23. The van der Waals surface area contributed by atoms with Crippen molar-refractivity contribution in [3.05, 3.63) is 41.8 Å². The van der Waals surface area contributed by atoms with Crippen LogP contribution in [-0.2, 0) is 0 Å². The van der Waals surface area contributed by atoms with Crippen LogP contribution in [0, 0.1) is 6.92 Å². The first-order chi connectivity index (χ1) is 8.16. The van der Waals surface area contributed by atoms with Crippen molar-refractivity contribution in [2.75, 3.05) is 0 Å². The number of hydrogen-bond donors (Lipinski definition) is 0. The Morgan fingerprint density at radius 3 is 2.59 bits per heavy atom. The zero-order valence-corrected chi connectivity index (χ0v) is 10.4. The summed E-state index contributed by atoms with van der Waals surface area (Å²) < 4.78 is 5.23. The van der Waals surface area contributed by atoms with Crippen LogP contribution in [0.3, 0.4) is 0 Å². The van der Waals surface area contributed by atoms with E-state index in [1.54, 1.807) is 19.1 Å². The second-order valence-electron chi connectivity index (χ2n) is 3.58. The van der Waals surface area contributed by atoms with Crippen LogP contribution in [0.5, 0.6) is 0 Å². The number of carbonyl (C=O) groups excluding carboxylic acids is 1. The molecule has 2 rings (SSSR count). The van der Waals surface area contributed by atoms with E-state index in [1.807, 2.05) is 25.1 Å². The molecule has 17 heavy (non-hydrogen) atoms. The van der Waals surface area contributed by atoms with E-state index in [-0.39, 0.29) is 11.0 Å². The Morgan fingerprint density at radius 2 is 2.00 bits per heavy atom. The zero-order chi connectivity index (χ0) is 12.3. The predicted octanol–water partition coefficient (Wildman–Crippen LogP) is 2.74. The minimum absolute atomic E-state index is 0.0615. The van der Waals surface area contributed by atoms with Gasteiger partial charge in [-0.25, -0.2) is 0 Å². The molecule has 0 spiro atoms. The van der Waals surface area contributed by atoms with Gasteiger partial charge >= 0.3 is 0 Å². The van der Waals surface area contributed by atoms with Gasteiger partial charge in [0.15, 0.2) is 5.78 Å². The minimum Gasteiger partial charge on any atom is -0.416 e. The van der Waals surface area contributed by atoms with Crippen molar-refractivity contribution in [2.24, 2.45) is 0 Å². The molecule has 2 aromatic rings. The van der Waals surface area contributed by atoms with Crippen molar-refractivity contribution in [2.45, 2.75) is 24.3 Å². The maximum atomic E-state index is 12.0. The monoisotopic (exact) mass is 248 g/mol. The Balaban J connectivity index is 2.06. The number of aromatic nitrogens is 2. The summed E-state index contributed by atoms with van der Waals surface area (Å²) >= 11 is 1.28. The van der Waals surface area contributed by atoms with E-state index in [9.17, 15) is 4.79 Å². The SMILES string of the molecule is Cc1nnc(S[C@H](C)C(=O)c2ccccc2)o1. The lowest BCUT2D eigenvalue weighted by atomic mass is 10.1. The molecule has 0 aliphatic rings. The lowest BCUT2D eigenvalue weighted by molar-refractivity contribution is 0.0993. The van der Waals surface area contributed by atoms with Gasteiger partial charge in [-0.15, -0.1) is 10.2 Å². The number of benzene rings is 1. The fourth-order valence-corrected chi connectivity index (χ4v) is 2.17. The molecule has 0 aliphatic carbocycles. The van der Waals surface area contributed by atoms with Crippen LogP contribution in [0.4, 0.5) is 0 Å². The van der Waals surface area contributed by atoms with E-state index >= 15 is 0 Å². The van der Waals surface area contributed by atoms with Crippen molar-refractivity contribution in [3.8, 4) is 0 Å². The highest BCUT2D eigenvalue weighted by atomic mass is 32.2. The van der Waals surface area contributed by atoms with Crippen LogP contribution >= 0.6 is 11.8 Å². The van der Waals surface area contributed by atoms with Gasteiger partial charge in [0.25, 0.3) is 5.22 Å². The first kappa shape index (κ1) is 11.9. The van der Waals surface area contributed by atoms with E-state index in [0.29, 0.717) is 16.7 Å². The molecular weight excluding hydrogens is 236 g/mol. The van der Waals surface area contributed by atoms with E-state index < -0.39 is 0 Å². The Morgan fingerprint density at radius 1 is 1.29 bits per heavy atom. The highest BCUT2D eigenvalue weighted by molar-refractivity contribution is 8.00. The fraction of sp³-hybridized carbons (Fsp3) is 0.250. The molecule has 1 aromatic heterocycles. The Kier molecular flexibility index (Phi) is 3.58. The van der Waals surface area contributed by atoms with E-state index in [0.717, 1.165) is 0 Å². The predicted molar refractivity (Wildman–Crippen MR) is 65.1 cm³/mol. The lowest BCUT2D eigenvalue weighted by Crippen LogP contribution is -2.13. The summed E-state index contributed by atoms with van der Waals surface area (Å²) in [7, 11) is 0. The van der Waals surface area contributed by atoms with Gasteiger partial charge in [-0.2, -0.15) is 0 Å². The summed E-state index contributed by atoms with van der Waals surface area (Å²) in [4.78, 5) is 12.0. The molecule has 1 atom stereocenters. The first-order valence-corrected chi connectivity index (χ1v) is 6.11. The summed E-state index contributed by atoms with van der Waals surface area (Å²) in [6, 6.07) is 9.19. The molecule has 1 heterocycles. The average Bonchev–Trinajstić information content (AvgIpc) is 2.75. The second kappa shape index (κ2) is 5.14. The summed E-state index contributed by atoms with van der Waals surface area (Å²) in [5.41, 5.74) is 0.698. The van der Waals surface area contributed by atoms with E-state index in [2.05, 4.69) is 10.2 Å². The van der Waals surface area contributed by atoms with Gasteiger partial charge in [-0.1, -0.05) is 42.1 Å². The Labute approximate surface area is 103 Å². The maximum absolute atomic E-state index is 12.0. The smallest absolute Gasteiger partial charge is 0.277 e. The van der Waals surface area contributed by atoms with Crippen LogP contribution in [0.1, 0.15) is 23.2 Å². The van der Waals surface area contributed by atoms with Crippen LogP contribution in [0.15, 0.2) is 40.0 Å². The van der Waals surface area contributed by atoms with Gasteiger partial charge in [-0.05, 0) is 6.92 Å². The van der Waals surface area contributed by atoms with Crippen molar-refractivity contribution in [1.82, 2.24) is 10.2 Å². The number of nitrogens with zero attached hydrogens (tertiary/aromatic N) is 2. The average molecular weight is 248 g/mol. The standard InChI is InChI=1S/C12H12N2O2S/c1-8(17-12-14-13-9(2)16-12)11(15)10-6-4-3-5-7-10/h3-8H,1-2H3/t8-/m1/s1. The normalized spacial score (nSPS) is 12.4. The number of Topliss-reactive ketones (excluding diaryl/α,β-unsaturated/α-hetero) is 1. The number of ketones is 1. The van der Waals surface area contributed by atoms with Crippen molar-refractivity contribution in [1.29, 1.82) is 0 Å². The highest BCUT2D eigenvalue weighted by Crippen LogP contribution is 2.24. The molecule has 0 amide bonds. The molecule has 1 aromatic carbocycles. The quantitative estimate of drug-likeness (QED) is 0.615. The highest BCUT2D eigenvalue weighted by Gasteiger charge is 2.18. The molecule has 0 unspecified atom stereocenters. The number of thioether (sulfide) groups is 1. The number of aryl methyl sites for hydroxylation is 1. The van der Waals surface area contributed by atoms with Crippen LogP contribution < -0.4 is 0 Å². The van der Waals surface area contributed by atoms with Gasteiger partial charge in [0, 0.05) is 12.5 Å². The molecule has 0 radical (unpaired) electrons. The molecule has 0 N–H and O–H groups in total. The second-order valence-corrected chi connectivity index (χ2v) is 4.87. The van der Waals surface area contributed by atoms with Crippen LogP contribution in [-0.4, -0.2) is 21.2 Å². The molecule has 0 bridgehead atoms. The third-order valence-corrected chi connectivity index (χ3v) is 3.15. The van der Waals surface area contributed by atoms with Crippen molar-refractivity contribution >= 4 is 17.5 Å². The van der Waals surface area contributed by atoms with Gasteiger partial charge in [0.05, 0.1) is 5.25 Å². The topological polar surface area (TPSA) is 56.0 Å². The summed E-state index contributed by atoms with van der Waals surface area (Å²) in [6.45, 7) is 3.56. The number of hydrogen-bond acceptors (Lipinski definition) is 5. The molecule has 0 saturated carbocycles. The Hall–Kier alpha value is -1.62. The number of carbonyl (C=O) groups is 1. The molecule has 0 aliphatic heterocycles. The molecule has 88 valence electrons. The van der Waals surface area contributed by atoms with Crippen LogP contribution in [0.2, 0.25) is 0 Å². The Bertz CT molecular complexity index is 510. The third-order valence-electron chi connectivity index (χ3n) is 2.21. The van der Waals surface area contributed by atoms with Gasteiger partial charge < -0.3 is 4.42 Å². The van der Waals surface area contributed by atoms with Gasteiger partial charge in [0.2, 0.25) is 5.89 Å². The fourth-order valence-electron chi connectivity index (χ4n) is 1.37. The zero-order valence-electron chi connectivity index (χ0n) is 9.58. The summed E-state index contributed by atoms with van der Waals surface area (Å²) in [5, 5.41) is 7.77. The largest absolute Gasteiger partial charge is 0.416 e. The van der Waals surface area contributed by atoms with Crippen molar-refractivity contribution in [3.63, 3.8) is 0 Å². The van der Waals surface area contributed by atoms with Gasteiger partial charge in [-0.3, -0.25) is 4.79 Å². The molecule has 0 fully saturated rings. The third kappa shape index (κ3) is 2.94. The van der Waals surface area contributed by atoms with E-state index in [4.69, 9.17) is 4.42 Å². The van der Waals surface area contributed by atoms with Gasteiger partial charge in [0.1, 0.15) is 0 Å². The lowest BCUT2D eigenvalue weighted by Gasteiger charge is -2.06. The molecule has 5 heteroatoms. The van der Waals surface area contributed by atoms with E-state index in [1.165, 1.54) is 11.8 Å². The van der Waals surface area contributed by atoms with Crippen molar-refractivity contribution < 1.29 is 9.21 Å².